The Hall–Kier alpha value is -3.30. The maximum atomic E-state index is 9.00. The monoisotopic (exact) mass is 500 g/mol. The molecular formula is C24H32N6O6. The molecular weight excluding hydrogens is 468 g/mol. The Morgan fingerprint density at radius 1 is 0.389 bits per heavy atom. The lowest BCUT2D eigenvalue weighted by molar-refractivity contribution is -0.195. The van der Waals surface area contributed by atoms with Gasteiger partial charge in [-0.2, -0.15) is 31.6 Å². The van der Waals surface area contributed by atoms with Gasteiger partial charge in [0, 0.05) is 0 Å². The molecule has 194 valence electrons. The van der Waals surface area contributed by atoms with Crippen molar-refractivity contribution < 1.29 is 28.4 Å². The average molecular weight is 501 g/mol. The normalized spacial score (nSPS) is 13.5. The highest BCUT2D eigenvalue weighted by molar-refractivity contribution is 4.88. The average Bonchev–Trinajstić information content (AvgIpc) is 2.88. The van der Waals surface area contributed by atoms with Crippen LogP contribution >= 0.6 is 0 Å². The van der Waals surface area contributed by atoms with Crippen LogP contribution in [0.5, 0.6) is 0 Å². The van der Waals surface area contributed by atoms with Crippen molar-refractivity contribution in [1.82, 2.24) is 0 Å². The predicted octanol–water partition coefficient (Wildman–Crippen LogP) is 2.04. The van der Waals surface area contributed by atoms with Crippen molar-refractivity contribution >= 4 is 0 Å². The van der Waals surface area contributed by atoms with Crippen molar-refractivity contribution in [3.8, 4) is 36.4 Å². The molecule has 0 heterocycles. The Kier molecular flexibility index (Phi) is 22.5. The lowest BCUT2D eigenvalue weighted by atomic mass is 10.0. The number of hydrogen-bond acceptors (Lipinski definition) is 12. The van der Waals surface area contributed by atoms with Crippen LogP contribution in [0.15, 0.2) is 0 Å². The van der Waals surface area contributed by atoms with Crippen molar-refractivity contribution in [2.45, 2.75) is 62.9 Å². The lowest BCUT2D eigenvalue weighted by Gasteiger charge is -2.37. The van der Waals surface area contributed by atoms with Crippen LogP contribution in [0, 0.1) is 68.0 Å². The molecule has 0 fully saturated rings. The molecule has 12 heteroatoms. The maximum absolute atomic E-state index is 9.00. The zero-order valence-corrected chi connectivity index (χ0v) is 20.3. The molecule has 0 aliphatic carbocycles. The molecule has 4 atom stereocenters. The van der Waals surface area contributed by atoms with Crippen LogP contribution < -0.4 is 0 Å². The van der Waals surface area contributed by atoms with E-state index in [9.17, 15) is 0 Å². The van der Waals surface area contributed by atoms with Gasteiger partial charge >= 0.3 is 0 Å². The minimum atomic E-state index is -0.871. The SMILES string of the molecule is N#CCCOC[C@H](OCCC#N)[C@H](OCCC#N)[C@H](OCCC#N)[C@@H](COCCC#N)OCCC#N. The second-order valence-electron chi connectivity index (χ2n) is 7.09. The zero-order chi connectivity index (χ0) is 26.7. The molecule has 0 bridgehead atoms. The largest absolute Gasteiger partial charge is 0.378 e. The van der Waals surface area contributed by atoms with Crippen LogP contribution in [0.3, 0.4) is 0 Å². The Morgan fingerprint density at radius 3 is 0.972 bits per heavy atom. The summed E-state index contributed by atoms with van der Waals surface area (Å²) in [6.45, 7) is 0.531. The third-order valence-corrected chi connectivity index (χ3v) is 4.48. The maximum Gasteiger partial charge on any atom is 0.115 e. The third kappa shape index (κ3) is 16.3. The van der Waals surface area contributed by atoms with Crippen molar-refractivity contribution in [1.29, 1.82) is 31.6 Å². The summed E-state index contributed by atoms with van der Waals surface area (Å²) >= 11 is 0. The fraction of sp³-hybridized carbons (Fsp3) is 0.750. The Morgan fingerprint density at radius 2 is 0.667 bits per heavy atom. The van der Waals surface area contributed by atoms with Gasteiger partial charge in [0.2, 0.25) is 0 Å². The first-order valence-electron chi connectivity index (χ1n) is 11.5. The van der Waals surface area contributed by atoms with Crippen molar-refractivity contribution in [3.63, 3.8) is 0 Å². The van der Waals surface area contributed by atoms with Gasteiger partial charge in [-0.3, -0.25) is 0 Å². The molecule has 0 saturated heterocycles. The quantitative estimate of drug-likeness (QED) is 0.185. The summed E-state index contributed by atoms with van der Waals surface area (Å²) in [5.74, 6) is 0. The number of hydrogen-bond donors (Lipinski definition) is 0. The standard InChI is InChI=1S/C24H32N6O6/c25-7-1-13-31-19-21(33-15-3-9-27)23(35-17-5-11-29)24(36-18-6-12-30)22(34-16-4-10-28)20-32-14-2-8-26/h21-24H,1-6,13-20H2/t21-,22+,23-,24+. The summed E-state index contributed by atoms with van der Waals surface area (Å²) in [4.78, 5) is 0. The van der Waals surface area contributed by atoms with Gasteiger partial charge in [0.05, 0.1) is 128 Å². The summed E-state index contributed by atoms with van der Waals surface area (Å²) in [5, 5.41) is 53.4. The number of nitriles is 6. The van der Waals surface area contributed by atoms with E-state index in [1.54, 1.807) is 0 Å². The highest BCUT2D eigenvalue weighted by atomic mass is 16.6. The lowest BCUT2D eigenvalue weighted by Crippen LogP contribution is -2.52. The minimum absolute atomic E-state index is 0.00262. The van der Waals surface area contributed by atoms with Crippen LogP contribution in [0.2, 0.25) is 0 Å². The van der Waals surface area contributed by atoms with Crippen LogP contribution in [0.4, 0.5) is 0 Å². The second-order valence-corrected chi connectivity index (χ2v) is 7.09. The molecule has 0 aliphatic rings. The van der Waals surface area contributed by atoms with Gasteiger partial charge in [0.25, 0.3) is 0 Å². The fourth-order valence-electron chi connectivity index (χ4n) is 2.93. The molecule has 0 saturated carbocycles. The number of rotatable bonds is 23. The zero-order valence-electron chi connectivity index (χ0n) is 20.3. The van der Waals surface area contributed by atoms with Crippen LogP contribution in [0.25, 0.3) is 0 Å². The van der Waals surface area contributed by atoms with Crippen LogP contribution in [-0.4, -0.2) is 77.3 Å². The molecule has 0 radical (unpaired) electrons. The summed E-state index contributed by atoms with van der Waals surface area (Å²) in [6.07, 6.45) is -2.57. The van der Waals surface area contributed by atoms with E-state index < -0.39 is 24.4 Å². The van der Waals surface area contributed by atoms with Crippen molar-refractivity contribution in [2.24, 2.45) is 0 Å². The first-order chi connectivity index (χ1) is 17.7. The van der Waals surface area contributed by atoms with Gasteiger partial charge in [-0.1, -0.05) is 0 Å². The second kappa shape index (κ2) is 24.8. The minimum Gasteiger partial charge on any atom is -0.378 e. The Labute approximate surface area is 212 Å². The summed E-state index contributed by atoms with van der Waals surface area (Å²) in [5.41, 5.74) is 0. The summed E-state index contributed by atoms with van der Waals surface area (Å²) < 4.78 is 35.0. The first-order valence-corrected chi connectivity index (χ1v) is 11.5. The van der Waals surface area contributed by atoms with E-state index in [-0.39, 0.29) is 91.4 Å². The predicted molar refractivity (Wildman–Crippen MR) is 122 cm³/mol. The van der Waals surface area contributed by atoms with Gasteiger partial charge in [-0.15, -0.1) is 0 Å². The number of nitrogens with zero attached hydrogens (tertiary/aromatic N) is 6. The van der Waals surface area contributed by atoms with E-state index in [1.165, 1.54) is 0 Å². The number of ether oxygens (including phenoxy) is 6. The highest BCUT2D eigenvalue weighted by Gasteiger charge is 2.38. The molecule has 0 aliphatic heterocycles. The van der Waals surface area contributed by atoms with Gasteiger partial charge < -0.3 is 28.4 Å². The Bertz CT molecular complexity index is 748. The fourth-order valence-corrected chi connectivity index (χ4v) is 2.93. The molecule has 0 amide bonds. The smallest absolute Gasteiger partial charge is 0.115 e. The van der Waals surface area contributed by atoms with Gasteiger partial charge in [-0.25, -0.2) is 0 Å². The molecule has 0 rings (SSSR count). The van der Waals surface area contributed by atoms with Crippen molar-refractivity contribution in [2.75, 3.05) is 52.9 Å². The third-order valence-electron chi connectivity index (χ3n) is 4.48. The van der Waals surface area contributed by atoms with Crippen molar-refractivity contribution in [3.05, 3.63) is 0 Å². The molecule has 0 N–H and O–H groups in total. The van der Waals surface area contributed by atoms with E-state index in [2.05, 4.69) is 0 Å². The molecule has 36 heavy (non-hydrogen) atoms. The molecule has 0 spiro atoms. The van der Waals surface area contributed by atoms with Crippen LogP contribution in [-0.2, 0) is 28.4 Å². The topological polar surface area (TPSA) is 198 Å². The molecule has 0 aromatic rings. The van der Waals surface area contributed by atoms with Gasteiger partial charge in [-0.05, 0) is 0 Å². The van der Waals surface area contributed by atoms with E-state index in [0.717, 1.165) is 0 Å². The molecule has 0 aromatic carbocycles. The van der Waals surface area contributed by atoms with Crippen LogP contribution in [0.1, 0.15) is 38.5 Å². The van der Waals surface area contributed by atoms with E-state index in [0.29, 0.717) is 0 Å². The van der Waals surface area contributed by atoms with E-state index in [4.69, 9.17) is 60.0 Å². The van der Waals surface area contributed by atoms with E-state index >= 15 is 0 Å². The summed E-state index contributed by atoms with van der Waals surface area (Å²) in [6, 6.07) is 12.0. The highest BCUT2D eigenvalue weighted by Crippen LogP contribution is 2.21. The van der Waals surface area contributed by atoms with E-state index in [1.807, 2.05) is 36.4 Å². The van der Waals surface area contributed by atoms with Gasteiger partial charge in [0.1, 0.15) is 24.4 Å². The molecule has 0 unspecified atom stereocenters. The molecule has 12 nitrogen and oxygen atoms in total. The summed E-state index contributed by atoms with van der Waals surface area (Å²) in [7, 11) is 0. The Balaban J connectivity index is 6.02. The molecule has 0 aromatic heterocycles. The van der Waals surface area contributed by atoms with Gasteiger partial charge in [0.15, 0.2) is 0 Å². The first kappa shape index (κ1) is 32.7.